The molecule has 0 radical (unpaired) electrons. The molecule has 6 heteroatoms. The van der Waals surface area contributed by atoms with E-state index in [0.717, 1.165) is 5.82 Å². The van der Waals surface area contributed by atoms with Crippen molar-refractivity contribution in [1.82, 2.24) is 20.1 Å². The molecule has 0 saturated heterocycles. The summed E-state index contributed by atoms with van der Waals surface area (Å²) in [5.74, 6) is 0.509. The molecule has 0 fully saturated rings. The van der Waals surface area contributed by atoms with Gasteiger partial charge in [0.25, 0.3) is 0 Å². The molecule has 1 unspecified atom stereocenters. The van der Waals surface area contributed by atoms with E-state index < -0.39 is 0 Å². The van der Waals surface area contributed by atoms with Gasteiger partial charge in [-0.05, 0) is 25.2 Å². The number of hydrogen-bond acceptors (Lipinski definition) is 3. The fourth-order valence-electron chi connectivity index (χ4n) is 1.84. The zero-order valence-electron chi connectivity index (χ0n) is 10.2. The van der Waals surface area contributed by atoms with Gasteiger partial charge in [0.1, 0.15) is 18.0 Å². The van der Waals surface area contributed by atoms with E-state index in [-0.39, 0.29) is 11.9 Å². The van der Waals surface area contributed by atoms with Gasteiger partial charge in [0.15, 0.2) is 0 Å². The SMILES string of the molecule is CNC(Cc1ncnn1C)c1cc(Cl)ccc1F. The lowest BCUT2D eigenvalue weighted by molar-refractivity contribution is 0.514. The highest BCUT2D eigenvalue weighted by Crippen LogP contribution is 2.23. The third-order valence-electron chi connectivity index (χ3n) is 2.87. The van der Waals surface area contributed by atoms with E-state index in [1.807, 2.05) is 7.05 Å². The molecule has 0 spiro atoms. The molecule has 2 aromatic rings. The Morgan fingerprint density at radius 2 is 2.28 bits per heavy atom. The van der Waals surface area contributed by atoms with Gasteiger partial charge in [-0.1, -0.05) is 11.6 Å². The fourth-order valence-corrected chi connectivity index (χ4v) is 2.02. The van der Waals surface area contributed by atoms with E-state index in [2.05, 4.69) is 15.4 Å². The quantitative estimate of drug-likeness (QED) is 0.924. The highest BCUT2D eigenvalue weighted by molar-refractivity contribution is 6.30. The molecular formula is C12H14ClFN4. The molecular weight excluding hydrogens is 255 g/mol. The van der Waals surface area contributed by atoms with E-state index in [0.29, 0.717) is 17.0 Å². The Bertz CT molecular complexity index is 541. The van der Waals surface area contributed by atoms with Crippen LogP contribution in [0.5, 0.6) is 0 Å². The third-order valence-corrected chi connectivity index (χ3v) is 3.11. The van der Waals surface area contributed by atoms with Crippen LogP contribution in [0, 0.1) is 5.82 Å². The van der Waals surface area contributed by atoms with Crippen LogP contribution in [-0.2, 0) is 13.5 Å². The summed E-state index contributed by atoms with van der Waals surface area (Å²) < 4.78 is 15.5. The maximum Gasteiger partial charge on any atom is 0.138 e. The van der Waals surface area contributed by atoms with Crippen LogP contribution in [0.25, 0.3) is 0 Å². The van der Waals surface area contributed by atoms with Crippen LogP contribution < -0.4 is 5.32 Å². The van der Waals surface area contributed by atoms with Crippen molar-refractivity contribution in [2.45, 2.75) is 12.5 Å². The van der Waals surface area contributed by atoms with Crippen molar-refractivity contribution in [2.75, 3.05) is 7.05 Å². The van der Waals surface area contributed by atoms with Gasteiger partial charge in [-0.2, -0.15) is 5.10 Å². The largest absolute Gasteiger partial charge is 0.313 e. The van der Waals surface area contributed by atoms with Crippen LogP contribution in [0.15, 0.2) is 24.5 Å². The Hall–Kier alpha value is -1.46. The van der Waals surface area contributed by atoms with Crippen LogP contribution in [0.2, 0.25) is 5.02 Å². The Labute approximate surface area is 110 Å². The molecule has 1 aromatic heterocycles. The summed E-state index contributed by atoms with van der Waals surface area (Å²) in [6, 6.07) is 4.36. The van der Waals surface area contributed by atoms with Gasteiger partial charge < -0.3 is 5.32 Å². The number of hydrogen-bond donors (Lipinski definition) is 1. The average Bonchev–Trinajstić information content (AvgIpc) is 2.75. The van der Waals surface area contributed by atoms with Crippen molar-refractivity contribution in [3.63, 3.8) is 0 Å². The molecule has 1 aromatic carbocycles. The summed E-state index contributed by atoms with van der Waals surface area (Å²) in [7, 11) is 3.59. The summed E-state index contributed by atoms with van der Waals surface area (Å²) in [6.45, 7) is 0. The number of benzene rings is 1. The molecule has 1 atom stereocenters. The number of nitrogens with one attached hydrogen (secondary N) is 1. The first kappa shape index (κ1) is 13.0. The van der Waals surface area contributed by atoms with Gasteiger partial charge >= 0.3 is 0 Å². The molecule has 0 bridgehead atoms. The second-order valence-electron chi connectivity index (χ2n) is 4.01. The first-order chi connectivity index (χ1) is 8.61. The summed E-state index contributed by atoms with van der Waals surface area (Å²) in [5.41, 5.74) is 0.535. The normalized spacial score (nSPS) is 12.7. The van der Waals surface area contributed by atoms with E-state index in [4.69, 9.17) is 11.6 Å². The molecule has 2 rings (SSSR count). The van der Waals surface area contributed by atoms with E-state index in [1.165, 1.54) is 18.5 Å². The minimum absolute atomic E-state index is 0.188. The van der Waals surface area contributed by atoms with Gasteiger partial charge in [-0.25, -0.2) is 9.37 Å². The summed E-state index contributed by atoms with van der Waals surface area (Å²) in [6.07, 6.45) is 2.03. The molecule has 96 valence electrons. The molecule has 0 aliphatic rings. The van der Waals surface area contributed by atoms with Crippen LogP contribution in [0.1, 0.15) is 17.4 Å². The van der Waals surface area contributed by atoms with Gasteiger partial charge in [-0.3, -0.25) is 4.68 Å². The lowest BCUT2D eigenvalue weighted by atomic mass is 10.0. The predicted molar refractivity (Wildman–Crippen MR) is 67.9 cm³/mol. The Kier molecular flexibility index (Phi) is 3.93. The Morgan fingerprint density at radius 3 is 2.89 bits per heavy atom. The number of rotatable bonds is 4. The van der Waals surface area contributed by atoms with E-state index in [9.17, 15) is 4.39 Å². The smallest absolute Gasteiger partial charge is 0.138 e. The van der Waals surface area contributed by atoms with Crippen molar-refractivity contribution in [3.05, 3.63) is 46.8 Å². The maximum absolute atomic E-state index is 13.8. The first-order valence-electron chi connectivity index (χ1n) is 5.57. The van der Waals surface area contributed by atoms with Gasteiger partial charge in [0.2, 0.25) is 0 Å². The highest BCUT2D eigenvalue weighted by atomic mass is 35.5. The minimum Gasteiger partial charge on any atom is -0.313 e. The second kappa shape index (κ2) is 5.46. The summed E-state index contributed by atoms with van der Waals surface area (Å²) >= 11 is 5.90. The van der Waals surface area contributed by atoms with Crippen molar-refractivity contribution < 1.29 is 4.39 Å². The number of aromatic nitrogens is 3. The van der Waals surface area contributed by atoms with E-state index in [1.54, 1.807) is 17.8 Å². The zero-order chi connectivity index (χ0) is 13.1. The molecule has 0 aliphatic carbocycles. The molecule has 18 heavy (non-hydrogen) atoms. The molecule has 1 N–H and O–H groups in total. The van der Waals surface area contributed by atoms with Crippen LogP contribution in [-0.4, -0.2) is 21.8 Å². The molecule has 0 saturated carbocycles. The highest BCUT2D eigenvalue weighted by Gasteiger charge is 2.17. The molecule has 0 amide bonds. The Morgan fingerprint density at radius 1 is 1.50 bits per heavy atom. The predicted octanol–water partition coefficient (Wildman–Crippen LogP) is 2.11. The number of likely N-dealkylation sites (N-methyl/N-ethyl adjacent to an activating group) is 1. The lowest BCUT2D eigenvalue weighted by Gasteiger charge is -2.17. The topological polar surface area (TPSA) is 42.7 Å². The van der Waals surface area contributed by atoms with Crippen molar-refractivity contribution in [1.29, 1.82) is 0 Å². The summed E-state index contributed by atoms with van der Waals surface area (Å²) in [4.78, 5) is 4.14. The maximum atomic E-state index is 13.8. The first-order valence-corrected chi connectivity index (χ1v) is 5.94. The number of nitrogens with zero attached hydrogens (tertiary/aromatic N) is 3. The monoisotopic (exact) mass is 268 g/mol. The molecule has 4 nitrogen and oxygen atoms in total. The number of halogens is 2. The van der Waals surface area contributed by atoms with Gasteiger partial charge in [0, 0.05) is 30.1 Å². The van der Waals surface area contributed by atoms with Crippen molar-refractivity contribution in [2.24, 2.45) is 7.05 Å². The minimum atomic E-state index is -0.277. The third kappa shape index (κ3) is 2.68. The fraction of sp³-hybridized carbons (Fsp3) is 0.333. The molecule has 0 aliphatic heterocycles. The van der Waals surface area contributed by atoms with Gasteiger partial charge in [0.05, 0.1) is 0 Å². The van der Waals surface area contributed by atoms with Crippen molar-refractivity contribution >= 4 is 11.6 Å². The van der Waals surface area contributed by atoms with Gasteiger partial charge in [-0.15, -0.1) is 0 Å². The lowest BCUT2D eigenvalue weighted by Crippen LogP contribution is -2.21. The zero-order valence-corrected chi connectivity index (χ0v) is 10.9. The van der Waals surface area contributed by atoms with Crippen molar-refractivity contribution in [3.8, 4) is 0 Å². The number of aryl methyl sites for hydroxylation is 1. The van der Waals surface area contributed by atoms with Crippen LogP contribution >= 0.6 is 11.6 Å². The molecule has 1 heterocycles. The average molecular weight is 269 g/mol. The second-order valence-corrected chi connectivity index (χ2v) is 4.45. The Balaban J connectivity index is 2.28. The van der Waals surface area contributed by atoms with Crippen LogP contribution in [0.3, 0.4) is 0 Å². The summed E-state index contributed by atoms with van der Waals surface area (Å²) in [5, 5.41) is 7.59. The van der Waals surface area contributed by atoms with Crippen LogP contribution in [0.4, 0.5) is 4.39 Å². The standard InChI is InChI=1S/C12H14ClFN4/c1-15-11(6-12-16-7-17-18(12)2)9-5-8(13)3-4-10(9)14/h3-5,7,11,15H,6H2,1-2H3. The van der Waals surface area contributed by atoms with E-state index >= 15 is 0 Å².